The van der Waals surface area contributed by atoms with Crippen LogP contribution in [-0.4, -0.2) is 10.6 Å². The number of nitrogens with zero attached hydrogens (tertiary/aromatic N) is 1. The Hall–Kier alpha value is -1.28. The number of rotatable bonds is 7. The number of fused-ring (bicyclic) bond motifs is 1. The van der Waals surface area contributed by atoms with Gasteiger partial charge in [0.15, 0.2) is 0 Å². The number of nitrogens with two attached hydrogens (primary N) is 1. The summed E-state index contributed by atoms with van der Waals surface area (Å²) in [5.74, 6) is 0.791. The van der Waals surface area contributed by atoms with E-state index in [0.717, 1.165) is 25.3 Å². The van der Waals surface area contributed by atoms with Gasteiger partial charge >= 0.3 is 0 Å². The van der Waals surface area contributed by atoms with Crippen LogP contribution in [0.1, 0.15) is 45.6 Å². The highest BCUT2D eigenvalue weighted by atomic mass is 14.9. The highest BCUT2D eigenvalue weighted by Crippen LogP contribution is 2.20. The molecule has 2 N–H and O–H groups in total. The SMILES string of the molecule is CCC(N)Cc1ccc2c(ccn2CCCC(C)C)c1. The van der Waals surface area contributed by atoms with Gasteiger partial charge in [-0.3, -0.25) is 0 Å². The molecular weight excluding hydrogens is 244 g/mol. The third kappa shape index (κ3) is 3.86. The van der Waals surface area contributed by atoms with E-state index in [0.29, 0.717) is 0 Å². The molecule has 0 bridgehead atoms. The number of aryl methyl sites for hydroxylation is 1. The normalized spacial score (nSPS) is 13.2. The molecule has 1 unspecified atom stereocenters. The number of aromatic nitrogens is 1. The van der Waals surface area contributed by atoms with Gasteiger partial charge in [0.1, 0.15) is 0 Å². The highest BCUT2D eigenvalue weighted by Gasteiger charge is 2.05. The Morgan fingerprint density at radius 1 is 1.20 bits per heavy atom. The number of hydrogen-bond acceptors (Lipinski definition) is 1. The highest BCUT2D eigenvalue weighted by molar-refractivity contribution is 5.80. The first-order valence-corrected chi connectivity index (χ1v) is 7.93. The Morgan fingerprint density at radius 3 is 2.70 bits per heavy atom. The molecule has 1 heterocycles. The second-order valence-corrected chi connectivity index (χ2v) is 6.31. The van der Waals surface area contributed by atoms with Crippen LogP contribution in [-0.2, 0) is 13.0 Å². The van der Waals surface area contributed by atoms with E-state index in [-0.39, 0.29) is 6.04 Å². The first-order chi connectivity index (χ1) is 9.60. The largest absolute Gasteiger partial charge is 0.347 e. The summed E-state index contributed by atoms with van der Waals surface area (Å²) in [6.45, 7) is 7.85. The fourth-order valence-electron chi connectivity index (χ4n) is 2.69. The molecule has 0 amide bonds. The minimum Gasteiger partial charge on any atom is -0.347 e. The molecular formula is C18H28N2. The summed E-state index contributed by atoms with van der Waals surface area (Å²) < 4.78 is 2.38. The van der Waals surface area contributed by atoms with Crippen molar-refractivity contribution in [3.63, 3.8) is 0 Å². The van der Waals surface area contributed by atoms with Gasteiger partial charge < -0.3 is 10.3 Å². The number of benzene rings is 1. The van der Waals surface area contributed by atoms with Gasteiger partial charge in [-0.05, 0) is 60.7 Å². The summed E-state index contributed by atoms with van der Waals surface area (Å²) in [5, 5.41) is 1.34. The van der Waals surface area contributed by atoms with Gasteiger partial charge in [0.2, 0.25) is 0 Å². The second kappa shape index (κ2) is 6.94. The molecule has 2 rings (SSSR count). The molecule has 0 spiro atoms. The van der Waals surface area contributed by atoms with Gasteiger partial charge in [-0.2, -0.15) is 0 Å². The van der Waals surface area contributed by atoms with Crippen molar-refractivity contribution >= 4 is 10.9 Å². The van der Waals surface area contributed by atoms with Gasteiger partial charge in [-0.25, -0.2) is 0 Å². The van der Waals surface area contributed by atoms with Crippen molar-refractivity contribution in [3.05, 3.63) is 36.0 Å². The average Bonchev–Trinajstić information content (AvgIpc) is 2.81. The number of hydrogen-bond donors (Lipinski definition) is 1. The summed E-state index contributed by atoms with van der Waals surface area (Å²) in [4.78, 5) is 0. The Labute approximate surface area is 123 Å². The molecule has 1 aromatic heterocycles. The van der Waals surface area contributed by atoms with E-state index < -0.39 is 0 Å². The van der Waals surface area contributed by atoms with Crippen LogP contribution < -0.4 is 5.73 Å². The van der Waals surface area contributed by atoms with Crippen molar-refractivity contribution in [2.45, 2.75) is 59.0 Å². The lowest BCUT2D eigenvalue weighted by Gasteiger charge is -2.10. The van der Waals surface area contributed by atoms with Crippen LogP contribution in [0.3, 0.4) is 0 Å². The van der Waals surface area contributed by atoms with Crippen molar-refractivity contribution in [2.75, 3.05) is 0 Å². The van der Waals surface area contributed by atoms with E-state index in [1.54, 1.807) is 0 Å². The lowest BCUT2D eigenvalue weighted by Crippen LogP contribution is -2.21. The smallest absolute Gasteiger partial charge is 0.0480 e. The molecule has 0 saturated heterocycles. The van der Waals surface area contributed by atoms with E-state index in [2.05, 4.69) is 55.8 Å². The first kappa shape index (κ1) is 15.1. The minimum absolute atomic E-state index is 0.278. The fourth-order valence-corrected chi connectivity index (χ4v) is 2.69. The third-order valence-corrected chi connectivity index (χ3v) is 4.04. The van der Waals surface area contributed by atoms with Crippen molar-refractivity contribution in [1.29, 1.82) is 0 Å². The average molecular weight is 272 g/mol. The molecule has 0 radical (unpaired) electrons. The minimum atomic E-state index is 0.278. The van der Waals surface area contributed by atoms with E-state index in [4.69, 9.17) is 5.73 Å². The predicted octanol–water partition coefficient (Wildman–Crippen LogP) is 4.36. The summed E-state index contributed by atoms with van der Waals surface area (Å²) >= 11 is 0. The van der Waals surface area contributed by atoms with Crippen LogP contribution in [0, 0.1) is 5.92 Å². The quantitative estimate of drug-likeness (QED) is 0.798. The third-order valence-electron chi connectivity index (χ3n) is 4.04. The Kier molecular flexibility index (Phi) is 5.24. The van der Waals surface area contributed by atoms with Crippen LogP contribution in [0.25, 0.3) is 10.9 Å². The van der Waals surface area contributed by atoms with Gasteiger partial charge in [-0.15, -0.1) is 0 Å². The molecule has 20 heavy (non-hydrogen) atoms. The molecule has 1 aromatic carbocycles. The summed E-state index contributed by atoms with van der Waals surface area (Å²) in [6.07, 6.45) is 6.78. The van der Waals surface area contributed by atoms with Crippen LogP contribution in [0.15, 0.2) is 30.5 Å². The molecule has 2 aromatic rings. The lowest BCUT2D eigenvalue weighted by atomic mass is 10.0. The van der Waals surface area contributed by atoms with Gasteiger partial charge in [0.05, 0.1) is 0 Å². The summed E-state index contributed by atoms with van der Waals surface area (Å²) in [7, 11) is 0. The Bertz CT molecular complexity index is 539. The molecule has 0 aliphatic rings. The molecule has 2 heteroatoms. The van der Waals surface area contributed by atoms with Crippen molar-refractivity contribution in [3.8, 4) is 0 Å². The maximum Gasteiger partial charge on any atom is 0.0480 e. The van der Waals surface area contributed by atoms with E-state index in [1.807, 2.05) is 0 Å². The lowest BCUT2D eigenvalue weighted by molar-refractivity contribution is 0.518. The van der Waals surface area contributed by atoms with Gasteiger partial charge in [0, 0.05) is 24.3 Å². The first-order valence-electron chi connectivity index (χ1n) is 7.93. The Morgan fingerprint density at radius 2 is 2.00 bits per heavy atom. The monoisotopic (exact) mass is 272 g/mol. The van der Waals surface area contributed by atoms with Crippen LogP contribution >= 0.6 is 0 Å². The summed E-state index contributed by atoms with van der Waals surface area (Å²) in [5.41, 5.74) is 8.75. The van der Waals surface area contributed by atoms with Crippen molar-refractivity contribution in [1.82, 2.24) is 4.57 Å². The van der Waals surface area contributed by atoms with Crippen molar-refractivity contribution < 1.29 is 0 Å². The zero-order valence-electron chi connectivity index (χ0n) is 13.1. The standard InChI is InChI=1S/C18H28N2/c1-4-17(19)13-15-7-8-18-16(12-15)9-11-20(18)10-5-6-14(2)3/h7-9,11-12,14,17H,4-6,10,13,19H2,1-3H3. The topological polar surface area (TPSA) is 30.9 Å². The maximum absolute atomic E-state index is 6.04. The molecule has 0 saturated carbocycles. The van der Waals surface area contributed by atoms with Crippen LogP contribution in [0.4, 0.5) is 0 Å². The molecule has 110 valence electrons. The Balaban J connectivity index is 2.08. The zero-order valence-corrected chi connectivity index (χ0v) is 13.1. The fraction of sp³-hybridized carbons (Fsp3) is 0.556. The van der Waals surface area contributed by atoms with E-state index in [9.17, 15) is 0 Å². The second-order valence-electron chi connectivity index (χ2n) is 6.31. The van der Waals surface area contributed by atoms with E-state index in [1.165, 1.54) is 29.3 Å². The molecule has 1 atom stereocenters. The molecule has 0 aliphatic heterocycles. The van der Waals surface area contributed by atoms with Crippen LogP contribution in [0.2, 0.25) is 0 Å². The van der Waals surface area contributed by atoms with E-state index >= 15 is 0 Å². The van der Waals surface area contributed by atoms with Crippen molar-refractivity contribution in [2.24, 2.45) is 11.7 Å². The molecule has 0 fully saturated rings. The summed E-state index contributed by atoms with van der Waals surface area (Å²) in [6, 6.07) is 9.29. The van der Waals surface area contributed by atoms with Crippen LogP contribution in [0.5, 0.6) is 0 Å². The molecule has 0 aliphatic carbocycles. The van der Waals surface area contributed by atoms with Gasteiger partial charge in [0.25, 0.3) is 0 Å². The maximum atomic E-state index is 6.04. The predicted molar refractivity (Wildman–Crippen MR) is 88.0 cm³/mol. The molecule has 2 nitrogen and oxygen atoms in total. The van der Waals surface area contributed by atoms with Gasteiger partial charge in [-0.1, -0.05) is 26.8 Å². The zero-order chi connectivity index (χ0) is 14.5.